The maximum atomic E-state index is 13.0. The second-order valence-corrected chi connectivity index (χ2v) is 7.04. The molecule has 2 heterocycles. The first-order valence-corrected chi connectivity index (χ1v) is 9.11. The van der Waals surface area contributed by atoms with Gasteiger partial charge in [0.1, 0.15) is 11.5 Å². The van der Waals surface area contributed by atoms with Crippen molar-refractivity contribution in [2.75, 3.05) is 14.2 Å². The van der Waals surface area contributed by atoms with Crippen LogP contribution < -0.4 is 19.6 Å². The number of ether oxygens (including phenoxy) is 2. The largest absolute Gasteiger partial charge is 0.497 e. The van der Waals surface area contributed by atoms with Gasteiger partial charge in [-0.3, -0.25) is 4.79 Å². The van der Waals surface area contributed by atoms with E-state index in [2.05, 4.69) is 10.2 Å². The highest BCUT2D eigenvalue weighted by Gasteiger charge is 2.14. The van der Waals surface area contributed by atoms with Gasteiger partial charge in [-0.15, -0.1) is 10.2 Å². The van der Waals surface area contributed by atoms with Crippen LogP contribution in [0.3, 0.4) is 0 Å². The Kier molecular flexibility index (Phi) is 4.37. The number of methoxy groups -OCH3 is 2. The van der Waals surface area contributed by atoms with Gasteiger partial charge in [-0.05, 0) is 37.3 Å². The van der Waals surface area contributed by atoms with Crippen LogP contribution in [0.5, 0.6) is 11.5 Å². The standard InChI is InChI=1S/C20H17N3O3S/c1-12-5-4-6-13(9-12)18-21-22-20-23(18)19(24)17(27-20)11-14-10-15(25-2)7-8-16(14)26-3/h4-11H,1-3H3/b17-11-. The summed E-state index contributed by atoms with van der Waals surface area (Å²) in [5.74, 6) is 1.91. The number of fused-ring (bicyclic) bond motifs is 1. The highest BCUT2D eigenvalue weighted by molar-refractivity contribution is 7.15. The number of benzene rings is 2. The number of nitrogens with zero attached hydrogens (tertiary/aromatic N) is 3. The van der Waals surface area contributed by atoms with E-state index in [4.69, 9.17) is 9.47 Å². The summed E-state index contributed by atoms with van der Waals surface area (Å²) in [5, 5.41) is 8.38. The molecule has 6 nitrogen and oxygen atoms in total. The Labute approximate surface area is 159 Å². The van der Waals surface area contributed by atoms with Crippen molar-refractivity contribution in [2.45, 2.75) is 6.92 Å². The third kappa shape index (κ3) is 3.06. The minimum atomic E-state index is -0.152. The van der Waals surface area contributed by atoms with Crippen LogP contribution in [0.1, 0.15) is 11.1 Å². The minimum Gasteiger partial charge on any atom is -0.497 e. The van der Waals surface area contributed by atoms with E-state index in [9.17, 15) is 4.79 Å². The first kappa shape index (κ1) is 17.2. The zero-order valence-electron chi connectivity index (χ0n) is 15.1. The molecule has 4 aromatic rings. The molecule has 0 bridgehead atoms. The lowest BCUT2D eigenvalue weighted by molar-refractivity contribution is 0.402. The highest BCUT2D eigenvalue weighted by Crippen LogP contribution is 2.25. The Bertz CT molecular complexity index is 1240. The minimum absolute atomic E-state index is 0.152. The average Bonchev–Trinajstić information content (AvgIpc) is 3.22. The van der Waals surface area contributed by atoms with Crippen LogP contribution in [0.2, 0.25) is 0 Å². The van der Waals surface area contributed by atoms with Gasteiger partial charge in [0.2, 0.25) is 4.96 Å². The molecule has 2 aromatic heterocycles. The SMILES string of the molecule is COc1ccc(OC)c(/C=c2\sc3nnc(-c4cccc(C)c4)n3c2=O)c1. The van der Waals surface area contributed by atoms with Crippen molar-refractivity contribution in [1.82, 2.24) is 14.6 Å². The van der Waals surface area contributed by atoms with Crippen molar-refractivity contribution < 1.29 is 9.47 Å². The monoisotopic (exact) mass is 379 g/mol. The third-order valence-corrected chi connectivity index (χ3v) is 5.21. The summed E-state index contributed by atoms with van der Waals surface area (Å²) in [6, 6.07) is 13.3. The van der Waals surface area contributed by atoms with E-state index in [0.717, 1.165) is 16.7 Å². The van der Waals surface area contributed by atoms with E-state index in [0.29, 0.717) is 26.8 Å². The third-order valence-electron chi connectivity index (χ3n) is 4.25. The Morgan fingerprint density at radius 2 is 1.93 bits per heavy atom. The number of rotatable bonds is 4. The molecule has 2 aromatic carbocycles. The molecule has 136 valence electrons. The van der Waals surface area contributed by atoms with Crippen LogP contribution in [-0.2, 0) is 0 Å². The lowest BCUT2D eigenvalue weighted by atomic mass is 10.1. The summed E-state index contributed by atoms with van der Waals surface area (Å²) in [5.41, 5.74) is 2.58. The number of thiazole rings is 1. The summed E-state index contributed by atoms with van der Waals surface area (Å²) < 4.78 is 12.8. The van der Waals surface area contributed by atoms with Gasteiger partial charge in [0.05, 0.1) is 18.8 Å². The molecule has 4 rings (SSSR count). The Morgan fingerprint density at radius 3 is 2.67 bits per heavy atom. The normalized spacial score (nSPS) is 11.9. The topological polar surface area (TPSA) is 65.7 Å². The fraction of sp³-hybridized carbons (Fsp3) is 0.150. The second kappa shape index (κ2) is 6.85. The number of aromatic nitrogens is 3. The van der Waals surface area contributed by atoms with Crippen molar-refractivity contribution >= 4 is 22.4 Å². The summed E-state index contributed by atoms with van der Waals surface area (Å²) in [6.07, 6.45) is 1.79. The summed E-state index contributed by atoms with van der Waals surface area (Å²) >= 11 is 1.30. The molecule has 0 amide bonds. The molecule has 0 aliphatic heterocycles. The van der Waals surface area contributed by atoms with Gasteiger partial charge < -0.3 is 9.47 Å². The van der Waals surface area contributed by atoms with E-state index in [1.807, 2.05) is 49.4 Å². The van der Waals surface area contributed by atoms with Crippen molar-refractivity contribution in [3.05, 3.63) is 68.5 Å². The van der Waals surface area contributed by atoms with Gasteiger partial charge in [-0.25, -0.2) is 4.40 Å². The van der Waals surface area contributed by atoms with Crippen molar-refractivity contribution in [3.63, 3.8) is 0 Å². The molecule has 7 heteroatoms. The van der Waals surface area contributed by atoms with Crippen LogP contribution in [0.25, 0.3) is 22.4 Å². The molecule has 0 radical (unpaired) electrons. The maximum absolute atomic E-state index is 13.0. The number of hydrogen-bond donors (Lipinski definition) is 0. The van der Waals surface area contributed by atoms with Crippen molar-refractivity contribution in [1.29, 1.82) is 0 Å². The quantitative estimate of drug-likeness (QED) is 0.545. The van der Waals surface area contributed by atoms with Gasteiger partial charge in [0, 0.05) is 11.1 Å². The van der Waals surface area contributed by atoms with Gasteiger partial charge in [0.25, 0.3) is 5.56 Å². The fourth-order valence-electron chi connectivity index (χ4n) is 2.93. The van der Waals surface area contributed by atoms with Gasteiger partial charge in [0.15, 0.2) is 5.82 Å². The Balaban J connectivity index is 1.92. The fourth-order valence-corrected chi connectivity index (χ4v) is 3.83. The molecule has 0 N–H and O–H groups in total. The van der Waals surface area contributed by atoms with E-state index < -0.39 is 0 Å². The van der Waals surface area contributed by atoms with E-state index in [1.54, 1.807) is 24.7 Å². The summed E-state index contributed by atoms with van der Waals surface area (Å²) in [4.78, 5) is 13.6. The molecule has 0 unspecified atom stereocenters. The molecule has 0 fully saturated rings. The predicted molar refractivity (Wildman–Crippen MR) is 106 cm³/mol. The average molecular weight is 379 g/mol. The predicted octanol–water partition coefficient (Wildman–Crippen LogP) is 2.69. The number of hydrogen-bond acceptors (Lipinski definition) is 6. The van der Waals surface area contributed by atoms with E-state index >= 15 is 0 Å². The lowest BCUT2D eigenvalue weighted by Gasteiger charge is -2.06. The molecule has 0 aliphatic carbocycles. The molecule has 27 heavy (non-hydrogen) atoms. The van der Waals surface area contributed by atoms with E-state index in [1.165, 1.54) is 11.3 Å². The molecule has 0 spiro atoms. The van der Waals surface area contributed by atoms with Crippen LogP contribution >= 0.6 is 11.3 Å². The lowest BCUT2D eigenvalue weighted by Crippen LogP contribution is -2.23. The first-order chi connectivity index (χ1) is 13.1. The van der Waals surface area contributed by atoms with Crippen LogP contribution in [0.15, 0.2) is 47.3 Å². The summed E-state index contributed by atoms with van der Waals surface area (Å²) in [6.45, 7) is 2.00. The number of aryl methyl sites for hydroxylation is 1. The zero-order valence-corrected chi connectivity index (χ0v) is 15.9. The van der Waals surface area contributed by atoms with Gasteiger partial charge >= 0.3 is 0 Å². The van der Waals surface area contributed by atoms with Gasteiger partial charge in [-0.2, -0.15) is 0 Å². The highest BCUT2D eigenvalue weighted by atomic mass is 32.1. The molecular weight excluding hydrogens is 362 g/mol. The molecule has 0 saturated heterocycles. The van der Waals surface area contributed by atoms with Crippen molar-refractivity contribution in [3.8, 4) is 22.9 Å². The Hall–Kier alpha value is -3.19. The molecule has 0 atom stereocenters. The first-order valence-electron chi connectivity index (χ1n) is 8.29. The summed E-state index contributed by atoms with van der Waals surface area (Å²) in [7, 11) is 3.20. The second-order valence-electron chi connectivity index (χ2n) is 6.03. The smallest absolute Gasteiger partial charge is 0.276 e. The maximum Gasteiger partial charge on any atom is 0.276 e. The van der Waals surface area contributed by atoms with Crippen LogP contribution in [-0.4, -0.2) is 28.8 Å². The van der Waals surface area contributed by atoms with Crippen LogP contribution in [0, 0.1) is 6.92 Å². The Morgan fingerprint density at radius 1 is 1.07 bits per heavy atom. The molecular formula is C20H17N3O3S. The van der Waals surface area contributed by atoms with E-state index in [-0.39, 0.29) is 5.56 Å². The molecule has 0 aliphatic rings. The van der Waals surface area contributed by atoms with Gasteiger partial charge in [-0.1, -0.05) is 35.1 Å². The van der Waals surface area contributed by atoms with Crippen molar-refractivity contribution in [2.24, 2.45) is 0 Å². The van der Waals surface area contributed by atoms with Crippen LogP contribution in [0.4, 0.5) is 0 Å². The zero-order chi connectivity index (χ0) is 19.0. The molecule has 0 saturated carbocycles.